The molecule has 19 heavy (non-hydrogen) atoms. The molecule has 0 saturated carbocycles. The first-order chi connectivity index (χ1) is 8.97. The van der Waals surface area contributed by atoms with E-state index in [1.807, 2.05) is 32.0 Å². The van der Waals surface area contributed by atoms with Crippen molar-refractivity contribution in [3.05, 3.63) is 69.8 Å². The van der Waals surface area contributed by atoms with E-state index in [1.54, 1.807) is 0 Å². The highest BCUT2D eigenvalue weighted by Gasteiger charge is 2.10. The second kappa shape index (κ2) is 5.40. The SMILES string of the molecule is Cc1ccc(C(=O)Cc2ccc(C)c(C)c2)c(C)c1. The van der Waals surface area contributed by atoms with Crippen molar-refractivity contribution in [2.75, 3.05) is 0 Å². The van der Waals surface area contributed by atoms with Crippen LogP contribution in [0.2, 0.25) is 0 Å². The number of ketones is 1. The van der Waals surface area contributed by atoms with Gasteiger partial charge in [-0.1, -0.05) is 42.0 Å². The number of benzene rings is 2. The molecule has 0 amide bonds. The van der Waals surface area contributed by atoms with Crippen molar-refractivity contribution >= 4 is 5.78 Å². The molecule has 0 aliphatic rings. The number of carbonyl (C=O) groups excluding carboxylic acids is 1. The maximum Gasteiger partial charge on any atom is 0.167 e. The quantitative estimate of drug-likeness (QED) is 0.742. The molecule has 0 radical (unpaired) electrons. The summed E-state index contributed by atoms with van der Waals surface area (Å²) in [4.78, 5) is 12.3. The predicted molar refractivity (Wildman–Crippen MR) is 79.9 cm³/mol. The summed E-state index contributed by atoms with van der Waals surface area (Å²) < 4.78 is 0. The lowest BCUT2D eigenvalue weighted by molar-refractivity contribution is 0.0992. The van der Waals surface area contributed by atoms with Crippen LogP contribution in [-0.2, 0) is 6.42 Å². The highest BCUT2D eigenvalue weighted by Crippen LogP contribution is 2.16. The average molecular weight is 252 g/mol. The van der Waals surface area contributed by atoms with E-state index in [9.17, 15) is 4.79 Å². The molecule has 1 nitrogen and oxygen atoms in total. The summed E-state index contributed by atoms with van der Waals surface area (Å²) in [6, 6.07) is 12.2. The van der Waals surface area contributed by atoms with E-state index in [2.05, 4.69) is 32.0 Å². The molecule has 2 rings (SSSR count). The van der Waals surface area contributed by atoms with E-state index >= 15 is 0 Å². The number of rotatable bonds is 3. The van der Waals surface area contributed by atoms with Crippen LogP contribution in [0.15, 0.2) is 36.4 Å². The first-order valence-electron chi connectivity index (χ1n) is 6.64. The predicted octanol–water partition coefficient (Wildman–Crippen LogP) is 4.35. The van der Waals surface area contributed by atoms with Crippen LogP contribution >= 0.6 is 0 Å². The van der Waals surface area contributed by atoms with Gasteiger partial charge in [-0.2, -0.15) is 0 Å². The lowest BCUT2D eigenvalue weighted by atomic mass is 9.96. The van der Waals surface area contributed by atoms with Gasteiger partial charge < -0.3 is 0 Å². The summed E-state index contributed by atoms with van der Waals surface area (Å²) in [5.74, 6) is 0.195. The summed E-state index contributed by atoms with van der Waals surface area (Å²) in [6.45, 7) is 8.22. The maximum atomic E-state index is 12.3. The van der Waals surface area contributed by atoms with Gasteiger partial charge in [0.15, 0.2) is 5.78 Å². The van der Waals surface area contributed by atoms with Crippen molar-refractivity contribution in [3.8, 4) is 0 Å². The minimum Gasteiger partial charge on any atom is -0.294 e. The standard InChI is InChI=1S/C18H20O/c1-12-5-8-17(15(4)9-12)18(19)11-16-7-6-13(2)14(3)10-16/h5-10H,11H2,1-4H3. The van der Waals surface area contributed by atoms with Crippen molar-refractivity contribution in [2.24, 2.45) is 0 Å². The third kappa shape index (κ3) is 3.11. The molecule has 0 aromatic heterocycles. The molecule has 0 spiro atoms. The first kappa shape index (κ1) is 13.5. The zero-order chi connectivity index (χ0) is 14.0. The summed E-state index contributed by atoms with van der Waals surface area (Å²) in [7, 11) is 0. The van der Waals surface area contributed by atoms with Crippen LogP contribution in [0.1, 0.15) is 38.2 Å². The Morgan fingerprint density at radius 3 is 2.21 bits per heavy atom. The number of Topliss-reactive ketones (excluding diaryl/α,β-unsaturated/α-hetero) is 1. The van der Waals surface area contributed by atoms with Gasteiger partial charge in [0.25, 0.3) is 0 Å². The van der Waals surface area contributed by atoms with Crippen molar-refractivity contribution in [1.82, 2.24) is 0 Å². The Morgan fingerprint density at radius 1 is 0.842 bits per heavy atom. The molecule has 0 aliphatic carbocycles. The molecule has 0 aliphatic heterocycles. The molecular formula is C18H20O. The summed E-state index contributed by atoms with van der Waals surface area (Å²) in [6.07, 6.45) is 0.477. The van der Waals surface area contributed by atoms with Crippen LogP contribution in [0.4, 0.5) is 0 Å². The van der Waals surface area contributed by atoms with Crippen LogP contribution in [-0.4, -0.2) is 5.78 Å². The van der Waals surface area contributed by atoms with Gasteiger partial charge in [-0.05, 0) is 49.9 Å². The van der Waals surface area contributed by atoms with Gasteiger partial charge >= 0.3 is 0 Å². The lowest BCUT2D eigenvalue weighted by Crippen LogP contribution is -2.06. The Hall–Kier alpha value is -1.89. The van der Waals surface area contributed by atoms with E-state index in [1.165, 1.54) is 16.7 Å². The Bertz CT molecular complexity index is 624. The maximum absolute atomic E-state index is 12.3. The molecule has 2 aromatic rings. The Balaban J connectivity index is 2.23. The van der Waals surface area contributed by atoms with E-state index in [-0.39, 0.29) is 5.78 Å². The Kier molecular flexibility index (Phi) is 3.84. The number of carbonyl (C=O) groups is 1. The number of hydrogen-bond acceptors (Lipinski definition) is 1. The number of hydrogen-bond donors (Lipinski definition) is 0. The zero-order valence-corrected chi connectivity index (χ0v) is 12.1. The van der Waals surface area contributed by atoms with Crippen LogP contribution in [0.5, 0.6) is 0 Å². The van der Waals surface area contributed by atoms with Crippen LogP contribution in [0.3, 0.4) is 0 Å². The fraction of sp³-hybridized carbons (Fsp3) is 0.278. The van der Waals surface area contributed by atoms with Crippen molar-refractivity contribution in [3.63, 3.8) is 0 Å². The van der Waals surface area contributed by atoms with Gasteiger partial charge in [-0.3, -0.25) is 4.79 Å². The van der Waals surface area contributed by atoms with E-state index < -0.39 is 0 Å². The molecule has 0 heterocycles. The monoisotopic (exact) mass is 252 g/mol. The van der Waals surface area contributed by atoms with Crippen LogP contribution in [0, 0.1) is 27.7 Å². The summed E-state index contributed by atoms with van der Waals surface area (Å²) >= 11 is 0. The molecule has 98 valence electrons. The molecule has 0 fully saturated rings. The third-order valence-electron chi connectivity index (χ3n) is 3.62. The Morgan fingerprint density at radius 2 is 1.58 bits per heavy atom. The molecule has 2 aromatic carbocycles. The third-order valence-corrected chi connectivity index (χ3v) is 3.62. The van der Waals surface area contributed by atoms with Crippen molar-refractivity contribution in [1.29, 1.82) is 0 Å². The molecule has 0 atom stereocenters. The van der Waals surface area contributed by atoms with Crippen molar-refractivity contribution in [2.45, 2.75) is 34.1 Å². The fourth-order valence-electron chi connectivity index (χ4n) is 2.32. The fourth-order valence-corrected chi connectivity index (χ4v) is 2.32. The average Bonchev–Trinajstić information content (AvgIpc) is 2.33. The van der Waals surface area contributed by atoms with Gasteiger partial charge in [-0.25, -0.2) is 0 Å². The largest absolute Gasteiger partial charge is 0.294 e. The topological polar surface area (TPSA) is 17.1 Å². The van der Waals surface area contributed by atoms with Gasteiger partial charge in [0.05, 0.1) is 0 Å². The molecule has 0 saturated heterocycles. The highest BCUT2D eigenvalue weighted by molar-refractivity contribution is 5.98. The van der Waals surface area contributed by atoms with Crippen LogP contribution in [0.25, 0.3) is 0 Å². The highest BCUT2D eigenvalue weighted by atomic mass is 16.1. The Labute approximate surface area is 115 Å². The smallest absolute Gasteiger partial charge is 0.167 e. The molecular weight excluding hydrogens is 232 g/mol. The minimum absolute atomic E-state index is 0.195. The second-order valence-corrected chi connectivity index (χ2v) is 5.34. The van der Waals surface area contributed by atoms with E-state index in [4.69, 9.17) is 0 Å². The van der Waals surface area contributed by atoms with E-state index in [0.29, 0.717) is 6.42 Å². The number of aryl methyl sites for hydroxylation is 4. The molecule has 0 unspecified atom stereocenters. The van der Waals surface area contributed by atoms with Gasteiger partial charge in [-0.15, -0.1) is 0 Å². The molecule has 0 N–H and O–H groups in total. The van der Waals surface area contributed by atoms with Crippen molar-refractivity contribution < 1.29 is 4.79 Å². The lowest BCUT2D eigenvalue weighted by Gasteiger charge is -2.08. The van der Waals surface area contributed by atoms with Gasteiger partial charge in [0.2, 0.25) is 0 Å². The molecule has 1 heteroatoms. The van der Waals surface area contributed by atoms with Gasteiger partial charge in [0.1, 0.15) is 0 Å². The normalized spacial score (nSPS) is 10.5. The molecule has 0 bridgehead atoms. The van der Waals surface area contributed by atoms with Gasteiger partial charge in [0, 0.05) is 12.0 Å². The van der Waals surface area contributed by atoms with Crippen LogP contribution < -0.4 is 0 Å². The minimum atomic E-state index is 0.195. The zero-order valence-electron chi connectivity index (χ0n) is 12.1. The second-order valence-electron chi connectivity index (χ2n) is 5.34. The summed E-state index contributed by atoms with van der Waals surface area (Å²) in [5.41, 5.74) is 6.69. The summed E-state index contributed by atoms with van der Waals surface area (Å²) in [5, 5.41) is 0. The van der Waals surface area contributed by atoms with E-state index in [0.717, 1.165) is 16.7 Å². The first-order valence-corrected chi connectivity index (χ1v) is 6.64.